The third-order valence-corrected chi connectivity index (χ3v) is 3.22. The number of carbonyl (C=O) groups excluding carboxylic acids is 1. The van der Waals surface area contributed by atoms with Crippen LogP contribution in [0.4, 0.5) is 11.6 Å². The molecule has 0 saturated heterocycles. The van der Waals surface area contributed by atoms with Crippen molar-refractivity contribution in [3.63, 3.8) is 0 Å². The van der Waals surface area contributed by atoms with E-state index in [0.29, 0.717) is 5.82 Å². The summed E-state index contributed by atoms with van der Waals surface area (Å²) in [6.45, 7) is 0. The highest BCUT2D eigenvalue weighted by atomic mass is 16.5. The van der Waals surface area contributed by atoms with Crippen LogP contribution in [-0.2, 0) is 4.74 Å². The predicted octanol–water partition coefficient (Wildman–Crippen LogP) is 0.494. The Morgan fingerprint density at radius 3 is 2.78 bits per heavy atom. The number of anilines is 2. The molecule has 0 aromatic carbocycles. The monoisotopic (exact) mass is 254 g/mol. The standard InChI is InChI=1S/C11H18N4O3/c1-18-11(17)8-9(12)14-15-10(8)13-6-2-4-7(16)5-3-6/h6-7,16H,2-5H2,1H3,(H4,12,13,14,15). The summed E-state index contributed by atoms with van der Waals surface area (Å²) in [7, 11) is 1.30. The topological polar surface area (TPSA) is 113 Å². The summed E-state index contributed by atoms with van der Waals surface area (Å²) in [5.41, 5.74) is 5.89. The van der Waals surface area contributed by atoms with Crippen molar-refractivity contribution < 1.29 is 14.6 Å². The van der Waals surface area contributed by atoms with Crippen LogP contribution in [0.1, 0.15) is 36.0 Å². The van der Waals surface area contributed by atoms with Gasteiger partial charge in [-0.15, -0.1) is 0 Å². The third-order valence-electron chi connectivity index (χ3n) is 3.22. The molecular weight excluding hydrogens is 236 g/mol. The molecule has 1 saturated carbocycles. The summed E-state index contributed by atoms with van der Waals surface area (Å²) in [5, 5.41) is 19.1. The quantitative estimate of drug-likeness (QED) is 0.584. The van der Waals surface area contributed by atoms with Gasteiger partial charge in [-0.2, -0.15) is 5.10 Å². The number of H-pyrrole nitrogens is 1. The largest absolute Gasteiger partial charge is 0.465 e. The molecule has 0 atom stereocenters. The van der Waals surface area contributed by atoms with E-state index < -0.39 is 5.97 Å². The van der Waals surface area contributed by atoms with Gasteiger partial charge in [0.2, 0.25) is 0 Å². The number of hydrogen-bond donors (Lipinski definition) is 4. The molecule has 7 nitrogen and oxygen atoms in total. The van der Waals surface area contributed by atoms with E-state index in [1.807, 2.05) is 0 Å². The van der Waals surface area contributed by atoms with Gasteiger partial charge in [0, 0.05) is 6.04 Å². The number of methoxy groups -OCH3 is 1. The maximum absolute atomic E-state index is 11.6. The van der Waals surface area contributed by atoms with Crippen LogP contribution in [0.25, 0.3) is 0 Å². The highest BCUT2D eigenvalue weighted by molar-refractivity contribution is 5.99. The van der Waals surface area contributed by atoms with Crippen LogP contribution in [0.3, 0.4) is 0 Å². The fraction of sp³-hybridized carbons (Fsp3) is 0.636. The Morgan fingerprint density at radius 2 is 2.17 bits per heavy atom. The van der Waals surface area contributed by atoms with Crippen LogP contribution >= 0.6 is 0 Å². The maximum atomic E-state index is 11.6. The van der Waals surface area contributed by atoms with Crippen LogP contribution in [0.5, 0.6) is 0 Å². The summed E-state index contributed by atoms with van der Waals surface area (Å²) in [6, 6.07) is 0.194. The van der Waals surface area contributed by atoms with Gasteiger partial charge in [-0.3, -0.25) is 5.10 Å². The molecular formula is C11H18N4O3. The molecule has 0 bridgehead atoms. The van der Waals surface area contributed by atoms with Gasteiger partial charge in [-0.25, -0.2) is 4.79 Å². The molecule has 0 aliphatic heterocycles. The van der Waals surface area contributed by atoms with Crippen molar-refractivity contribution in [2.75, 3.05) is 18.2 Å². The van der Waals surface area contributed by atoms with Crippen LogP contribution in [-0.4, -0.2) is 40.5 Å². The zero-order chi connectivity index (χ0) is 13.1. The second kappa shape index (κ2) is 5.26. The highest BCUT2D eigenvalue weighted by Gasteiger charge is 2.24. The van der Waals surface area contributed by atoms with Crippen molar-refractivity contribution in [1.29, 1.82) is 0 Å². The van der Waals surface area contributed by atoms with Gasteiger partial charge in [0.25, 0.3) is 0 Å². The number of hydrogen-bond acceptors (Lipinski definition) is 6. The van der Waals surface area contributed by atoms with Crippen LogP contribution < -0.4 is 11.1 Å². The van der Waals surface area contributed by atoms with E-state index in [9.17, 15) is 9.90 Å². The van der Waals surface area contributed by atoms with Gasteiger partial charge >= 0.3 is 5.97 Å². The number of nitrogens with one attached hydrogen (secondary N) is 2. The first kappa shape index (κ1) is 12.7. The van der Waals surface area contributed by atoms with Gasteiger partial charge in [0.05, 0.1) is 13.2 Å². The number of aliphatic hydroxyl groups excluding tert-OH is 1. The first-order valence-corrected chi connectivity index (χ1v) is 5.98. The molecule has 100 valence electrons. The van der Waals surface area contributed by atoms with E-state index in [-0.39, 0.29) is 23.5 Å². The average molecular weight is 254 g/mol. The first-order chi connectivity index (χ1) is 8.61. The normalized spacial score (nSPS) is 23.7. The van der Waals surface area contributed by atoms with Crippen LogP contribution in [0, 0.1) is 0 Å². The molecule has 5 N–H and O–H groups in total. The molecule has 1 aliphatic carbocycles. The lowest BCUT2D eigenvalue weighted by atomic mass is 9.93. The first-order valence-electron chi connectivity index (χ1n) is 5.98. The number of nitrogens with two attached hydrogens (primary N) is 1. The number of nitrogen functional groups attached to an aromatic ring is 1. The number of aromatic amines is 1. The van der Waals surface area contributed by atoms with Gasteiger partial charge in [0.1, 0.15) is 11.4 Å². The van der Waals surface area contributed by atoms with Crippen molar-refractivity contribution >= 4 is 17.6 Å². The lowest BCUT2D eigenvalue weighted by Crippen LogP contribution is -2.29. The molecule has 0 unspecified atom stereocenters. The molecule has 18 heavy (non-hydrogen) atoms. The van der Waals surface area contributed by atoms with Crippen LogP contribution in [0.2, 0.25) is 0 Å². The molecule has 0 amide bonds. The van der Waals surface area contributed by atoms with Crippen molar-refractivity contribution in [3.05, 3.63) is 5.56 Å². The minimum atomic E-state index is -0.514. The SMILES string of the molecule is COC(=O)c1c(NC2CCC(O)CC2)n[nH]c1N. The Morgan fingerprint density at radius 1 is 1.50 bits per heavy atom. The number of nitrogens with zero attached hydrogens (tertiary/aromatic N) is 1. The Bertz CT molecular complexity index is 424. The fourth-order valence-corrected chi connectivity index (χ4v) is 2.18. The number of rotatable bonds is 3. The Hall–Kier alpha value is -1.76. The van der Waals surface area contributed by atoms with E-state index in [1.54, 1.807) is 0 Å². The number of esters is 1. The molecule has 1 heterocycles. The second-order valence-corrected chi connectivity index (χ2v) is 4.50. The lowest BCUT2D eigenvalue weighted by Gasteiger charge is -2.26. The van der Waals surface area contributed by atoms with Crippen molar-refractivity contribution in [2.45, 2.75) is 37.8 Å². The van der Waals surface area contributed by atoms with Gasteiger partial charge in [-0.05, 0) is 25.7 Å². The van der Waals surface area contributed by atoms with E-state index in [2.05, 4.69) is 20.3 Å². The predicted molar refractivity (Wildman–Crippen MR) is 66.2 cm³/mol. The molecule has 0 radical (unpaired) electrons. The number of aromatic nitrogens is 2. The summed E-state index contributed by atoms with van der Waals surface area (Å²) < 4.78 is 4.66. The van der Waals surface area contributed by atoms with Crippen LogP contribution in [0.15, 0.2) is 0 Å². The summed E-state index contributed by atoms with van der Waals surface area (Å²) in [5.74, 6) is 0.0977. The van der Waals surface area contributed by atoms with Gasteiger partial charge in [0.15, 0.2) is 5.82 Å². The van der Waals surface area contributed by atoms with Gasteiger partial charge < -0.3 is 20.9 Å². The number of ether oxygens (including phenoxy) is 1. The maximum Gasteiger partial charge on any atom is 0.345 e. The van der Waals surface area contributed by atoms with Crippen molar-refractivity contribution in [3.8, 4) is 0 Å². The lowest BCUT2D eigenvalue weighted by molar-refractivity contribution is 0.0603. The zero-order valence-corrected chi connectivity index (χ0v) is 10.3. The summed E-state index contributed by atoms with van der Waals surface area (Å²) in [6.07, 6.45) is 2.98. The van der Waals surface area contributed by atoms with E-state index in [4.69, 9.17) is 5.73 Å². The average Bonchev–Trinajstić information content (AvgIpc) is 2.72. The Balaban J connectivity index is 2.07. The third kappa shape index (κ3) is 2.56. The molecule has 2 rings (SSSR count). The Labute approximate surface area is 105 Å². The molecule has 1 aromatic heterocycles. The van der Waals surface area contributed by atoms with Gasteiger partial charge in [-0.1, -0.05) is 0 Å². The summed E-state index contributed by atoms with van der Waals surface area (Å²) in [4.78, 5) is 11.6. The minimum absolute atomic E-state index is 0.194. The fourth-order valence-electron chi connectivity index (χ4n) is 2.18. The number of aliphatic hydroxyl groups is 1. The molecule has 1 aromatic rings. The summed E-state index contributed by atoms with van der Waals surface area (Å²) >= 11 is 0. The minimum Gasteiger partial charge on any atom is -0.465 e. The van der Waals surface area contributed by atoms with Crippen molar-refractivity contribution in [1.82, 2.24) is 10.2 Å². The molecule has 0 spiro atoms. The zero-order valence-electron chi connectivity index (χ0n) is 10.3. The molecule has 1 aliphatic rings. The highest BCUT2D eigenvalue weighted by Crippen LogP contribution is 2.25. The second-order valence-electron chi connectivity index (χ2n) is 4.50. The van der Waals surface area contributed by atoms with E-state index >= 15 is 0 Å². The van der Waals surface area contributed by atoms with E-state index in [0.717, 1.165) is 25.7 Å². The number of carbonyl (C=O) groups is 1. The van der Waals surface area contributed by atoms with E-state index in [1.165, 1.54) is 7.11 Å². The Kier molecular flexibility index (Phi) is 3.71. The molecule has 7 heteroatoms. The molecule has 1 fully saturated rings. The van der Waals surface area contributed by atoms with Crippen molar-refractivity contribution in [2.24, 2.45) is 0 Å². The smallest absolute Gasteiger partial charge is 0.345 e.